The molecule has 3 rings (SSSR count). The molecule has 1 atom stereocenters. The van der Waals surface area contributed by atoms with Gasteiger partial charge in [-0.2, -0.15) is 5.10 Å². The van der Waals surface area contributed by atoms with Crippen LogP contribution >= 0.6 is 0 Å². The Labute approximate surface area is 173 Å². The molecule has 0 saturated carbocycles. The average Bonchev–Trinajstić information content (AvgIpc) is 2.87. The van der Waals surface area contributed by atoms with Gasteiger partial charge in [-0.15, -0.1) is 0 Å². The first kappa shape index (κ1) is 21.2. The van der Waals surface area contributed by atoms with E-state index in [0.29, 0.717) is 17.8 Å². The van der Waals surface area contributed by atoms with Gasteiger partial charge in [-0.3, -0.25) is 19.2 Å². The van der Waals surface area contributed by atoms with Gasteiger partial charge in [0.25, 0.3) is 0 Å². The fourth-order valence-corrected chi connectivity index (χ4v) is 4.30. The fourth-order valence-electron chi connectivity index (χ4n) is 4.30. The molecule has 2 heterocycles. The van der Waals surface area contributed by atoms with Crippen molar-refractivity contribution in [2.75, 3.05) is 19.6 Å². The van der Waals surface area contributed by atoms with Crippen LogP contribution in [0.1, 0.15) is 66.0 Å². The first-order chi connectivity index (χ1) is 14.0. The second-order valence-corrected chi connectivity index (χ2v) is 7.94. The van der Waals surface area contributed by atoms with E-state index in [0.717, 1.165) is 18.8 Å². The van der Waals surface area contributed by atoms with Gasteiger partial charge in [-0.25, -0.2) is 0 Å². The number of rotatable bonds is 7. The van der Waals surface area contributed by atoms with Crippen molar-refractivity contribution >= 4 is 11.7 Å². The quantitative estimate of drug-likeness (QED) is 0.728. The van der Waals surface area contributed by atoms with Crippen LogP contribution in [0.25, 0.3) is 0 Å². The molecule has 6 nitrogen and oxygen atoms in total. The number of benzene rings is 1. The Morgan fingerprint density at radius 1 is 1.07 bits per heavy atom. The van der Waals surface area contributed by atoms with Crippen LogP contribution in [0, 0.1) is 13.8 Å². The largest absolute Gasteiger partial charge is 0.353 e. The van der Waals surface area contributed by atoms with Gasteiger partial charge in [0.05, 0.1) is 17.3 Å². The number of carbonyl (C=O) groups excluding carboxylic acids is 2. The minimum absolute atomic E-state index is 0.0167. The third-order valence-electron chi connectivity index (χ3n) is 5.79. The summed E-state index contributed by atoms with van der Waals surface area (Å²) in [4.78, 5) is 27.0. The number of carbonyl (C=O) groups is 2. The number of nitrogens with zero attached hydrogens (tertiary/aromatic N) is 3. The summed E-state index contributed by atoms with van der Waals surface area (Å²) in [6.07, 6.45) is 4.97. The number of likely N-dealkylation sites (tertiary alicyclic amines) is 1. The summed E-state index contributed by atoms with van der Waals surface area (Å²) >= 11 is 0. The molecule has 1 unspecified atom stereocenters. The first-order valence-electron chi connectivity index (χ1n) is 10.6. The Morgan fingerprint density at radius 3 is 2.31 bits per heavy atom. The summed E-state index contributed by atoms with van der Waals surface area (Å²) in [5.74, 6) is -0.0987. The van der Waals surface area contributed by atoms with Crippen LogP contribution < -0.4 is 5.32 Å². The van der Waals surface area contributed by atoms with E-state index in [-0.39, 0.29) is 24.3 Å². The Kier molecular flexibility index (Phi) is 7.20. The lowest BCUT2D eigenvalue weighted by molar-refractivity contribution is -0.122. The Balaban J connectivity index is 1.68. The molecule has 0 spiro atoms. The number of amides is 1. The Morgan fingerprint density at radius 2 is 1.72 bits per heavy atom. The minimum atomic E-state index is -0.0820. The highest BCUT2D eigenvalue weighted by molar-refractivity contribution is 5.96. The third kappa shape index (κ3) is 5.32. The van der Waals surface area contributed by atoms with Crippen molar-refractivity contribution < 1.29 is 9.59 Å². The SMILES string of the molecule is CC(=O)c1c(C)nn(CC(=O)NCC(c2ccccc2)N2CCCCCC2)c1C. The van der Waals surface area contributed by atoms with E-state index in [1.165, 1.54) is 38.2 Å². The maximum Gasteiger partial charge on any atom is 0.241 e. The molecular weight excluding hydrogens is 364 g/mol. The summed E-state index contributed by atoms with van der Waals surface area (Å²) in [7, 11) is 0. The lowest BCUT2D eigenvalue weighted by atomic mass is 10.0. The van der Waals surface area contributed by atoms with Crippen molar-refractivity contribution in [1.82, 2.24) is 20.0 Å². The van der Waals surface area contributed by atoms with Crippen molar-refractivity contribution in [3.05, 3.63) is 52.8 Å². The predicted octanol–water partition coefficient (Wildman–Crippen LogP) is 3.44. The molecule has 1 aliphatic heterocycles. The molecule has 1 aromatic heterocycles. The van der Waals surface area contributed by atoms with E-state index in [2.05, 4.69) is 39.6 Å². The van der Waals surface area contributed by atoms with Crippen molar-refractivity contribution in [3.8, 4) is 0 Å². The molecule has 0 radical (unpaired) electrons. The normalized spacial score (nSPS) is 16.2. The van der Waals surface area contributed by atoms with Crippen LogP contribution in [-0.2, 0) is 11.3 Å². The number of aryl methyl sites for hydroxylation is 1. The Bertz CT molecular complexity index is 836. The van der Waals surface area contributed by atoms with Crippen LogP contribution in [0.2, 0.25) is 0 Å². The van der Waals surface area contributed by atoms with Crippen LogP contribution in [0.5, 0.6) is 0 Å². The highest BCUT2D eigenvalue weighted by Gasteiger charge is 2.23. The van der Waals surface area contributed by atoms with E-state index in [9.17, 15) is 9.59 Å². The van der Waals surface area contributed by atoms with E-state index in [1.807, 2.05) is 19.9 Å². The summed E-state index contributed by atoms with van der Waals surface area (Å²) in [6.45, 7) is 8.01. The molecule has 1 aliphatic rings. The number of ketones is 1. The van der Waals surface area contributed by atoms with Gasteiger partial charge in [0.2, 0.25) is 5.91 Å². The van der Waals surface area contributed by atoms with E-state index in [1.54, 1.807) is 4.68 Å². The van der Waals surface area contributed by atoms with Gasteiger partial charge in [0.1, 0.15) is 6.54 Å². The summed E-state index contributed by atoms with van der Waals surface area (Å²) in [6, 6.07) is 10.6. The molecule has 156 valence electrons. The maximum atomic E-state index is 12.7. The molecule has 1 aromatic carbocycles. The smallest absolute Gasteiger partial charge is 0.241 e. The monoisotopic (exact) mass is 396 g/mol. The van der Waals surface area contributed by atoms with Crippen molar-refractivity contribution in [1.29, 1.82) is 0 Å². The van der Waals surface area contributed by atoms with Gasteiger partial charge in [0, 0.05) is 12.2 Å². The number of aromatic nitrogens is 2. The van der Waals surface area contributed by atoms with Gasteiger partial charge in [-0.1, -0.05) is 43.2 Å². The number of nitrogens with one attached hydrogen (secondary N) is 1. The molecule has 0 aliphatic carbocycles. The van der Waals surface area contributed by atoms with Gasteiger partial charge in [0.15, 0.2) is 5.78 Å². The zero-order chi connectivity index (χ0) is 20.8. The molecule has 0 bridgehead atoms. The molecule has 1 N–H and O–H groups in total. The number of hydrogen-bond donors (Lipinski definition) is 1. The zero-order valence-corrected chi connectivity index (χ0v) is 17.8. The van der Waals surface area contributed by atoms with E-state index >= 15 is 0 Å². The van der Waals surface area contributed by atoms with Gasteiger partial charge < -0.3 is 5.32 Å². The van der Waals surface area contributed by atoms with Gasteiger partial charge >= 0.3 is 0 Å². The summed E-state index contributed by atoms with van der Waals surface area (Å²) in [5.41, 5.74) is 3.27. The minimum Gasteiger partial charge on any atom is -0.353 e. The second kappa shape index (κ2) is 9.83. The summed E-state index contributed by atoms with van der Waals surface area (Å²) < 4.78 is 1.63. The van der Waals surface area contributed by atoms with Crippen LogP contribution in [0.3, 0.4) is 0 Å². The van der Waals surface area contributed by atoms with Crippen LogP contribution in [0.15, 0.2) is 30.3 Å². The number of hydrogen-bond acceptors (Lipinski definition) is 4. The van der Waals surface area contributed by atoms with Crippen LogP contribution in [-0.4, -0.2) is 46.0 Å². The van der Waals surface area contributed by atoms with Gasteiger partial charge in [-0.05, 0) is 52.3 Å². The lowest BCUT2D eigenvalue weighted by Crippen LogP contribution is -2.39. The Hall–Kier alpha value is -2.47. The van der Waals surface area contributed by atoms with Crippen molar-refractivity contribution in [3.63, 3.8) is 0 Å². The fraction of sp³-hybridized carbons (Fsp3) is 0.522. The van der Waals surface area contributed by atoms with Crippen molar-refractivity contribution in [2.45, 2.75) is 59.0 Å². The zero-order valence-electron chi connectivity index (χ0n) is 17.8. The molecule has 1 saturated heterocycles. The standard InChI is InChI=1S/C23H32N4O2/c1-17-23(19(3)28)18(2)27(25-17)16-22(29)24-15-21(20-11-7-6-8-12-20)26-13-9-4-5-10-14-26/h6-8,11-12,21H,4-5,9-10,13-16H2,1-3H3,(H,24,29). The molecule has 29 heavy (non-hydrogen) atoms. The maximum absolute atomic E-state index is 12.7. The topological polar surface area (TPSA) is 67.2 Å². The number of Topliss-reactive ketones (excluding diaryl/α,β-unsaturated/α-hetero) is 1. The molecule has 6 heteroatoms. The molecule has 1 fully saturated rings. The van der Waals surface area contributed by atoms with Crippen molar-refractivity contribution in [2.24, 2.45) is 0 Å². The summed E-state index contributed by atoms with van der Waals surface area (Å²) in [5, 5.41) is 7.49. The second-order valence-electron chi connectivity index (χ2n) is 7.94. The highest BCUT2D eigenvalue weighted by Crippen LogP contribution is 2.23. The third-order valence-corrected chi connectivity index (χ3v) is 5.79. The molecular formula is C23H32N4O2. The lowest BCUT2D eigenvalue weighted by Gasteiger charge is -2.31. The van der Waals surface area contributed by atoms with Crippen LogP contribution in [0.4, 0.5) is 0 Å². The molecule has 2 aromatic rings. The highest BCUT2D eigenvalue weighted by atomic mass is 16.2. The van der Waals surface area contributed by atoms with E-state index < -0.39 is 0 Å². The van der Waals surface area contributed by atoms with E-state index in [4.69, 9.17) is 0 Å². The molecule has 1 amide bonds. The first-order valence-corrected chi connectivity index (χ1v) is 10.6. The average molecular weight is 397 g/mol. The predicted molar refractivity (Wildman–Crippen MR) is 114 cm³/mol.